The van der Waals surface area contributed by atoms with Crippen molar-refractivity contribution in [1.29, 1.82) is 0 Å². The summed E-state index contributed by atoms with van der Waals surface area (Å²) in [5, 5.41) is 2.68. The van der Waals surface area contributed by atoms with Crippen molar-refractivity contribution < 1.29 is 19.1 Å². The molecule has 0 bridgehead atoms. The Balaban J connectivity index is 1.19. The SMILES string of the molecule is O=C(COC(=O)c1ccc(NC(=O)c2ccc(=O)[nH]c2)cc1)c1ccc2c(c1)-c1ccccc1C2. The monoisotopic (exact) mass is 464 g/mol. The lowest BCUT2D eigenvalue weighted by Crippen LogP contribution is -2.15. The standard InChI is InChI=1S/C28H20N2O5/c31-25(20-6-5-19-13-18-3-1-2-4-23(18)24(19)14-20)16-35-28(34)17-7-10-22(11-8-17)30-27(33)21-9-12-26(32)29-15-21/h1-12,14-15H,13,16H2,(H,29,32)(H,30,33). The number of aromatic nitrogens is 1. The summed E-state index contributed by atoms with van der Waals surface area (Å²) in [6.07, 6.45) is 2.16. The first-order valence-corrected chi connectivity index (χ1v) is 11.0. The summed E-state index contributed by atoms with van der Waals surface area (Å²) in [7, 11) is 0. The smallest absolute Gasteiger partial charge is 0.338 e. The fourth-order valence-corrected chi connectivity index (χ4v) is 4.04. The maximum absolute atomic E-state index is 12.7. The van der Waals surface area contributed by atoms with Crippen molar-refractivity contribution in [3.05, 3.63) is 123 Å². The summed E-state index contributed by atoms with van der Waals surface area (Å²) < 4.78 is 5.23. The number of esters is 1. The fourth-order valence-electron chi connectivity index (χ4n) is 4.04. The highest BCUT2D eigenvalue weighted by Gasteiger charge is 2.20. The van der Waals surface area contributed by atoms with Crippen LogP contribution >= 0.6 is 0 Å². The van der Waals surface area contributed by atoms with E-state index in [4.69, 9.17) is 4.74 Å². The Labute approximate surface area is 200 Å². The zero-order chi connectivity index (χ0) is 24.4. The second-order valence-electron chi connectivity index (χ2n) is 8.18. The number of aromatic amines is 1. The number of hydrogen-bond donors (Lipinski definition) is 2. The first-order chi connectivity index (χ1) is 17.0. The number of anilines is 1. The minimum absolute atomic E-state index is 0.253. The summed E-state index contributed by atoms with van der Waals surface area (Å²) in [5.74, 6) is -1.32. The van der Waals surface area contributed by atoms with Crippen molar-refractivity contribution in [2.45, 2.75) is 6.42 Å². The van der Waals surface area contributed by atoms with Crippen molar-refractivity contribution in [3.8, 4) is 11.1 Å². The quantitative estimate of drug-likeness (QED) is 0.289. The van der Waals surface area contributed by atoms with Crippen LogP contribution < -0.4 is 10.9 Å². The summed E-state index contributed by atoms with van der Waals surface area (Å²) in [5.41, 5.74) is 5.78. The number of Topliss-reactive ketones (excluding diaryl/α,β-unsaturated/α-hetero) is 1. The fraction of sp³-hybridized carbons (Fsp3) is 0.0714. The molecule has 0 saturated carbocycles. The van der Waals surface area contributed by atoms with Crippen LogP contribution in [0.4, 0.5) is 5.69 Å². The number of ketones is 1. The number of pyridine rings is 1. The van der Waals surface area contributed by atoms with Gasteiger partial charge in [0, 0.05) is 23.5 Å². The number of nitrogens with one attached hydrogen (secondary N) is 2. The molecule has 0 radical (unpaired) electrons. The van der Waals surface area contributed by atoms with Gasteiger partial charge in [-0.15, -0.1) is 0 Å². The molecule has 0 unspecified atom stereocenters. The second kappa shape index (κ2) is 9.23. The van der Waals surface area contributed by atoms with Gasteiger partial charge in [0.2, 0.25) is 5.56 Å². The van der Waals surface area contributed by atoms with Gasteiger partial charge in [0.1, 0.15) is 0 Å². The number of amides is 1. The highest BCUT2D eigenvalue weighted by molar-refractivity contribution is 6.04. The van der Waals surface area contributed by atoms with Gasteiger partial charge in [-0.05, 0) is 65.1 Å². The number of fused-ring (bicyclic) bond motifs is 3. The summed E-state index contributed by atoms with van der Waals surface area (Å²) >= 11 is 0. The van der Waals surface area contributed by atoms with Crippen LogP contribution in [0.3, 0.4) is 0 Å². The Morgan fingerprint density at radius 1 is 0.800 bits per heavy atom. The molecule has 0 aliphatic heterocycles. The lowest BCUT2D eigenvalue weighted by atomic mass is 10.0. The second-order valence-corrected chi connectivity index (χ2v) is 8.18. The van der Waals surface area contributed by atoms with E-state index in [1.54, 1.807) is 18.2 Å². The van der Waals surface area contributed by atoms with Crippen molar-refractivity contribution in [1.82, 2.24) is 4.98 Å². The zero-order valence-corrected chi connectivity index (χ0v) is 18.5. The number of carbonyl (C=O) groups is 3. The van der Waals surface area contributed by atoms with Crippen molar-refractivity contribution in [2.75, 3.05) is 11.9 Å². The maximum Gasteiger partial charge on any atom is 0.338 e. The molecule has 1 heterocycles. The Kier molecular flexibility index (Phi) is 5.81. The van der Waals surface area contributed by atoms with E-state index in [9.17, 15) is 19.2 Å². The van der Waals surface area contributed by atoms with E-state index in [0.29, 0.717) is 16.8 Å². The van der Waals surface area contributed by atoms with Gasteiger partial charge in [0.15, 0.2) is 12.4 Å². The van der Waals surface area contributed by atoms with E-state index in [1.807, 2.05) is 30.3 Å². The third-order valence-electron chi connectivity index (χ3n) is 5.88. The predicted molar refractivity (Wildman–Crippen MR) is 131 cm³/mol. The van der Waals surface area contributed by atoms with Crippen LogP contribution in [-0.4, -0.2) is 29.3 Å². The largest absolute Gasteiger partial charge is 0.454 e. The summed E-state index contributed by atoms with van der Waals surface area (Å²) in [4.78, 5) is 50.9. The van der Waals surface area contributed by atoms with Crippen molar-refractivity contribution in [2.24, 2.45) is 0 Å². The molecule has 1 aliphatic rings. The van der Waals surface area contributed by atoms with Gasteiger partial charge in [0.25, 0.3) is 5.91 Å². The maximum atomic E-state index is 12.7. The van der Waals surface area contributed by atoms with Crippen LogP contribution in [0.5, 0.6) is 0 Å². The van der Waals surface area contributed by atoms with Gasteiger partial charge in [0.05, 0.1) is 11.1 Å². The van der Waals surface area contributed by atoms with Crippen LogP contribution in [0.15, 0.2) is 89.9 Å². The van der Waals surface area contributed by atoms with E-state index < -0.39 is 11.9 Å². The highest BCUT2D eigenvalue weighted by Crippen LogP contribution is 2.36. The van der Waals surface area contributed by atoms with Gasteiger partial charge in [-0.2, -0.15) is 0 Å². The number of carbonyl (C=O) groups excluding carboxylic acids is 3. The number of benzene rings is 3. The molecule has 2 N–H and O–H groups in total. The molecule has 3 aromatic carbocycles. The van der Waals surface area contributed by atoms with Crippen LogP contribution in [0, 0.1) is 0 Å². The van der Waals surface area contributed by atoms with E-state index in [-0.39, 0.29) is 23.5 Å². The summed E-state index contributed by atoms with van der Waals surface area (Å²) in [6, 6.07) is 22.5. The van der Waals surface area contributed by atoms with Gasteiger partial charge in [-0.3, -0.25) is 14.4 Å². The molecule has 1 amide bonds. The number of hydrogen-bond acceptors (Lipinski definition) is 5. The molecule has 0 spiro atoms. The molecule has 172 valence electrons. The molecule has 7 heteroatoms. The molecule has 7 nitrogen and oxygen atoms in total. The van der Waals surface area contributed by atoms with Gasteiger partial charge in [-0.25, -0.2) is 4.79 Å². The van der Waals surface area contributed by atoms with Crippen molar-refractivity contribution in [3.63, 3.8) is 0 Å². The first kappa shape index (κ1) is 22.0. The number of H-pyrrole nitrogens is 1. The molecule has 0 saturated heterocycles. The zero-order valence-electron chi connectivity index (χ0n) is 18.5. The van der Waals surface area contributed by atoms with Crippen LogP contribution in [0.1, 0.15) is 42.2 Å². The minimum Gasteiger partial charge on any atom is -0.454 e. The average molecular weight is 464 g/mol. The van der Waals surface area contributed by atoms with E-state index >= 15 is 0 Å². The molecular weight excluding hydrogens is 444 g/mol. The van der Waals surface area contributed by atoms with Crippen LogP contribution in [-0.2, 0) is 11.2 Å². The molecule has 5 rings (SSSR count). The highest BCUT2D eigenvalue weighted by atomic mass is 16.5. The lowest BCUT2D eigenvalue weighted by Gasteiger charge is -2.08. The Hall–Kier alpha value is -4.78. The van der Waals surface area contributed by atoms with E-state index in [1.165, 1.54) is 41.6 Å². The van der Waals surface area contributed by atoms with Gasteiger partial charge in [-0.1, -0.05) is 36.4 Å². The third kappa shape index (κ3) is 4.65. The predicted octanol–water partition coefficient (Wildman–Crippen LogP) is 4.24. The molecular formula is C28H20N2O5. The van der Waals surface area contributed by atoms with Crippen LogP contribution in [0.2, 0.25) is 0 Å². The molecule has 0 atom stereocenters. The Bertz CT molecular complexity index is 1500. The third-order valence-corrected chi connectivity index (χ3v) is 5.88. The number of rotatable bonds is 6. The first-order valence-electron chi connectivity index (χ1n) is 11.0. The molecule has 1 aromatic heterocycles. The number of ether oxygens (including phenoxy) is 1. The van der Waals surface area contributed by atoms with Crippen LogP contribution in [0.25, 0.3) is 11.1 Å². The van der Waals surface area contributed by atoms with E-state index in [0.717, 1.165) is 17.5 Å². The molecule has 1 aliphatic carbocycles. The normalized spacial score (nSPS) is 11.3. The van der Waals surface area contributed by atoms with Crippen molar-refractivity contribution >= 4 is 23.3 Å². The Morgan fingerprint density at radius 3 is 2.29 bits per heavy atom. The lowest BCUT2D eigenvalue weighted by molar-refractivity contribution is 0.0475. The Morgan fingerprint density at radius 2 is 1.51 bits per heavy atom. The average Bonchev–Trinajstić information content (AvgIpc) is 3.26. The van der Waals surface area contributed by atoms with Gasteiger partial charge < -0.3 is 15.0 Å². The molecule has 35 heavy (non-hydrogen) atoms. The minimum atomic E-state index is -0.636. The summed E-state index contributed by atoms with van der Waals surface area (Å²) in [6.45, 7) is -0.371. The topological polar surface area (TPSA) is 105 Å². The molecule has 0 fully saturated rings. The molecule has 4 aromatic rings. The van der Waals surface area contributed by atoms with E-state index in [2.05, 4.69) is 16.4 Å². The van der Waals surface area contributed by atoms with Gasteiger partial charge >= 0.3 is 5.97 Å².